The lowest BCUT2D eigenvalue weighted by Crippen LogP contribution is -1.97. The summed E-state index contributed by atoms with van der Waals surface area (Å²) in [5, 5.41) is 3.23. The maximum absolute atomic E-state index is 5.39. The highest BCUT2D eigenvalue weighted by Gasteiger charge is 1.90. The summed E-state index contributed by atoms with van der Waals surface area (Å²) < 4.78 is 0. The van der Waals surface area contributed by atoms with E-state index in [0.29, 0.717) is 0 Å². The Balaban J connectivity index is 2.49. The summed E-state index contributed by atoms with van der Waals surface area (Å²) >= 11 is 5.39. The smallest absolute Gasteiger partial charge is 0.0342 e. The molecule has 1 rings (SSSR count). The van der Waals surface area contributed by atoms with Crippen LogP contribution in [0.2, 0.25) is 0 Å². The number of aryl methyl sites for hydroxylation is 1. The molecule has 0 heterocycles. The van der Waals surface area contributed by atoms with E-state index in [9.17, 15) is 0 Å². The number of nitrogens with one attached hydrogen (secondary N) is 1. The average molecular weight is 196 g/mol. The Labute approximate surface area is 84.4 Å². The minimum absolute atomic E-state index is 0.773. The highest BCUT2D eigenvalue weighted by atomic mass is 35.5. The van der Waals surface area contributed by atoms with Crippen molar-refractivity contribution in [2.24, 2.45) is 0 Å². The van der Waals surface area contributed by atoms with Crippen LogP contribution in [0.3, 0.4) is 0 Å². The van der Waals surface area contributed by atoms with Gasteiger partial charge in [0.05, 0.1) is 0 Å². The monoisotopic (exact) mass is 195 g/mol. The van der Waals surface area contributed by atoms with Crippen LogP contribution in [0.25, 0.3) is 0 Å². The van der Waals surface area contributed by atoms with E-state index in [2.05, 4.69) is 36.5 Å². The number of halogens is 1. The quantitative estimate of drug-likeness (QED) is 0.777. The molecule has 70 valence electrons. The van der Waals surface area contributed by atoms with E-state index in [0.717, 1.165) is 18.7 Å². The van der Waals surface area contributed by atoms with Crippen LogP contribution in [0.1, 0.15) is 12.5 Å². The summed E-state index contributed by atoms with van der Waals surface area (Å²) in [4.78, 5) is 0. The molecule has 1 aromatic carbocycles. The maximum Gasteiger partial charge on any atom is 0.0342 e. The van der Waals surface area contributed by atoms with E-state index in [1.165, 1.54) is 11.1 Å². The van der Waals surface area contributed by atoms with Crippen LogP contribution in [0.5, 0.6) is 0 Å². The Hall–Kier alpha value is -0.950. The second-order valence-electron chi connectivity index (χ2n) is 2.79. The number of anilines is 1. The van der Waals surface area contributed by atoms with E-state index >= 15 is 0 Å². The van der Waals surface area contributed by atoms with E-state index in [1.54, 1.807) is 0 Å². The van der Waals surface area contributed by atoms with Gasteiger partial charge in [-0.3, -0.25) is 0 Å². The number of hydrogen-bond donors (Lipinski definition) is 1. The predicted molar refractivity (Wildman–Crippen MR) is 59.3 cm³/mol. The Morgan fingerprint density at radius 3 is 2.54 bits per heavy atom. The molecule has 0 amide bonds. The molecule has 0 saturated carbocycles. The largest absolute Gasteiger partial charge is 0.382 e. The molecule has 1 aromatic rings. The molecule has 2 heteroatoms. The fourth-order valence-electron chi connectivity index (χ4n) is 1.08. The number of rotatable bonds is 4. The molecule has 0 saturated heterocycles. The lowest BCUT2D eigenvalue weighted by atomic mass is 10.1. The Morgan fingerprint density at radius 1 is 1.31 bits per heavy atom. The minimum atomic E-state index is 0.773. The first kappa shape index (κ1) is 10.1. The first-order valence-corrected chi connectivity index (χ1v) is 4.88. The van der Waals surface area contributed by atoms with Crippen molar-refractivity contribution >= 4 is 17.3 Å². The van der Waals surface area contributed by atoms with Crippen LogP contribution >= 0.6 is 11.6 Å². The molecule has 1 N–H and O–H groups in total. The van der Waals surface area contributed by atoms with Gasteiger partial charge < -0.3 is 5.32 Å². The second-order valence-corrected chi connectivity index (χ2v) is 3.05. The molecule has 0 fully saturated rings. The fourth-order valence-corrected chi connectivity index (χ4v) is 1.17. The summed E-state index contributed by atoms with van der Waals surface area (Å²) in [7, 11) is 0. The number of hydrogen-bond acceptors (Lipinski definition) is 1. The zero-order chi connectivity index (χ0) is 9.52. The van der Waals surface area contributed by atoms with Crippen LogP contribution in [-0.2, 0) is 6.42 Å². The van der Waals surface area contributed by atoms with Gasteiger partial charge in [-0.25, -0.2) is 0 Å². The average Bonchev–Trinajstić information content (AvgIpc) is 2.19. The molecule has 0 aliphatic carbocycles. The molecule has 0 radical (unpaired) electrons. The van der Waals surface area contributed by atoms with Gasteiger partial charge in [-0.2, -0.15) is 0 Å². The Morgan fingerprint density at radius 2 is 2.00 bits per heavy atom. The molecule has 0 bridgehead atoms. The summed E-state index contributed by atoms with van der Waals surface area (Å²) in [5.41, 5.74) is 4.01. The lowest BCUT2D eigenvalue weighted by Gasteiger charge is -2.03. The second kappa shape index (κ2) is 5.65. The van der Waals surface area contributed by atoms with Gasteiger partial charge in [0.1, 0.15) is 0 Å². The highest BCUT2D eigenvalue weighted by Crippen LogP contribution is 2.09. The van der Waals surface area contributed by atoms with E-state index in [4.69, 9.17) is 11.6 Å². The third kappa shape index (κ3) is 3.51. The van der Waals surface area contributed by atoms with Gasteiger partial charge in [-0.15, -0.1) is 0 Å². The van der Waals surface area contributed by atoms with Crippen molar-refractivity contribution < 1.29 is 0 Å². The predicted octanol–water partition coefficient (Wildman–Crippen LogP) is 3.41. The molecule has 13 heavy (non-hydrogen) atoms. The molecule has 0 aliphatic heterocycles. The first-order valence-electron chi connectivity index (χ1n) is 4.45. The standard InChI is InChI=1S/C11H14ClN/c1-2-10-4-6-11(7-5-10)13-9-3-8-12/h3-8,13H,2,9H2,1H3/b8-3+. The molecule has 0 unspecified atom stereocenters. The molecule has 0 aromatic heterocycles. The first-order chi connectivity index (χ1) is 6.36. The van der Waals surface area contributed by atoms with Crippen molar-refractivity contribution in [2.45, 2.75) is 13.3 Å². The summed E-state index contributed by atoms with van der Waals surface area (Å²) in [6, 6.07) is 8.43. The van der Waals surface area contributed by atoms with Crippen LogP contribution < -0.4 is 5.32 Å². The van der Waals surface area contributed by atoms with Crippen LogP contribution in [0.4, 0.5) is 5.69 Å². The van der Waals surface area contributed by atoms with Crippen molar-refractivity contribution in [2.75, 3.05) is 11.9 Å². The molecule has 0 aliphatic rings. The van der Waals surface area contributed by atoms with Crippen LogP contribution in [-0.4, -0.2) is 6.54 Å². The topological polar surface area (TPSA) is 12.0 Å². The zero-order valence-electron chi connectivity index (χ0n) is 7.76. The summed E-state index contributed by atoms with van der Waals surface area (Å²) in [6.07, 6.45) is 2.96. The maximum atomic E-state index is 5.39. The Bertz CT molecular complexity index is 264. The molecule has 0 spiro atoms. The fraction of sp³-hybridized carbons (Fsp3) is 0.273. The van der Waals surface area contributed by atoms with E-state index < -0.39 is 0 Å². The minimum Gasteiger partial charge on any atom is -0.382 e. The van der Waals surface area contributed by atoms with Gasteiger partial charge in [0.15, 0.2) is 0 Å². The van der Waals surface area contributed by atoms with Crippen LogP contribution in [0.15, 0.2) is 35.9 Å². The van der Waals surface area contributed by atoms with E-state index in [1.807, 2.05) is 6.08 Å². The molecular formula is C11H14ClN. The van der Waals surface area contributed by atoms with Gasteiger partial charge in [-0.1, -0.05) is 36.7 Å². The van der Waals surface area contributed by atoms with Gasteiger partial charge in [0.2, 0.25) is 0 Å². The SMILES string of the molecule is CCc1ccc(NC/C=C/Cl)cc1. The van der Waals surface area contributed by atoms with Gasteiger partial charge >= 0.3 is 0 Å². The van der Waals surface area contributed by atoms with Crippen molar-refractivity contribution in [3.8, 4) is 0 Å². The summed E-state index contributed by atoms with van der Waals surface area (Å²) in [6.45, 7) is 2.92. The van der Waals surface area contributed by atoms with Crippen molar-refractivity contribution in [1.82, 2.24) is 0 Å². The Kier molecular flexibility index (Phi) is 4.41. The van der Waals surface area contributed by atoms with Gasteiger partial charge in [0.25, 0.3) is 0 Å². The summed E-state index contributed by atoms with van der Waals surface area (Å²) in [5.74, 6) is 0. The van der Waals surface area contributed by atoms with Gasteiger partial charge in [0, 0.05) is 17.8 Å². The highest BCUT2D eigenvalue weighted by molar-refractivity contribution is 6.25. The number of benzene rings is 1. The van der Waals surface area contributed by atoms with Crippen molar-refractivity contribution in [3.05, 3.63) is 41.4 Å². The normalized spacial score (nSPS) is 10.6. The van der Waals surface area contributed by atoms with Crippen molar-refractivity contribution in [1.29, 1.82) is 0 Å². The molecule has 0 atom stereocenters. The molecular weight excluding hydrogens is 182 g/mol. The lowest BCUT2D eigenvalue weighted by molar-refractivity contribution is 1.14. The molecule has 1 nitrogen and oxygen atoms in total. The zero-order valence-corrected chi connectivity index (χ0v) is 8.51. The third-order valence-corrected chi connectivity index (χ3v) is 2.05. The van der Waals surface area contributed by atoms with Gasteiger partial charge in [-0.05, 0) is 24.1 Å². The van der Waals surface area contributed by atoms with E-state index in [-0.39, 0.29) is 0 Å². The van der Waals surface area contributed by atoms with Crippen molar-refractivity contribution in [3.63, 3.8) is 0 Å². The van der Waals surface area contributed by atoms with Crippen LogP contribution in [0, 0.1) is 0 Å². The third-order valence-electron chi connectivity index (χ3n) is 1.88.